The fourth-order valence-electron chi connectivity index (χ4n) is 2.51. The number of hydrogen-bond acceptors (Lipinski definition) is 5. The van der Waals surface area contributed by atoms with Crippen LogP contribution in [0.15, 0.2) is 47.4 Å². The molecule has 1 heterocycles. The fourth-order valence-corrected chi connectivity index (χ4v) is 3.53. The molecule has 7 heteroatoms. The van der Waals surface area contributed by atoms with E-state index in [0.29, 0.717) is 33.7 Å². The lowest BCUT2D eigenvalue weighted by molar-refractivity contribution is -0.113. The van der Waals surface area contributed by atoms with Gasteiger partial charge in [-0.25, -0.2) is 4.90 Å². The summed E-state index contributed by atoms with van der Waals surface area (Å²) in [5, 5.41) is 0.100. The maximum Gasteiger partial charge on any atom is 0.298 e. The van der Waals surface area contributed by atoms with E-state index in [4.69, 9.17) is 21.1 Å². The van der Waals surface area contributed by atoms with E-state index in [2.05, 4.69) is 0 Å². The summed E-state index contributed by atoms with van der Waals surface area (Å²) in [5.41, 5.74) is 1.19. The Labute approximate surface area is 160 Å². The maximum absolute atomic E-state index is 12.7. The third-order valence-corrected chi connectivity index (χ3v) is 4.75. The molecule has 134 valence electrons. The third kappa shape index (κ3) is 3.71. The molecule has 5 nitrogen and oxygen atoms in total. The standard InChI is InChI=1S/C19H16ClNO4S/c1-3-25-15-8-7-12(9-16(15)24-2)10-17-18(22)21(19(23)26-17)14-6-4-5-13(20)11-14/h4-11H,3H2,1-2H3/b17-10-. The van der Waals surface area contributed by atoms with Gasteiger partial charge in [-0.3, -0.25) is 9.59 Å². The highest BCUT2D eigenvalue weighted by atomic mass is 35.5. The number of carbonyl (C=O) groups is 2. The second kappa shape index (κ2) is 7.85. The number of anilines is 1. The normalized spacial score (nSPS) is 15.7. The van der Waals surface area contributed by atoms with Crippen molar-refractivity contribution < 1.29 is 19.1 Å². The lowest BCUT2D eigenvalue weighted by Gasteiger charge is -2.12. The zero-order chi connectivity index (χ0) is 18.7. The van der Waals surface area contributed by atoms with Gasteiger partial charge in [-0.1, -0.05) is 23.7 Å². The van der Waals surface area contributed by atoms with Gasteiger partial charge in [0.2, 0.25) is 0 Å². The van der Waals surface area contributed by atoms with Crippen molar-refractivity contribution in [3.63, 3.8) is 0 Å². The van der Waals surface area contributed by atoms with Crippen LogP contribution in [0.2, 0.25) is 5.02 Å². The van der Waals surface area contributed by atoms with E-state index in [1.807, 2.05) is 6.92 Å². The zero-order valence-electron chi connectivity index (χ0n) is 14.2. The number of imide groups is 1. The van der Waals surface area contributed by atoms with Crippen LogP contribution in [0.5, 0.6) is 11.5 Å². The summed E-state index contributed by atoms with van der Waals surface area (Å²) >= 11 is 6.85. The Bertz CT molecular complexity index is 897. The summed E-state index contributed by atoms with van der Waals surface area (Å²) in [6, 6.07) is 12.0. The molecule has 0 radical (unpaired) electrons. The predicted octanol–water partition coefficient (Wildman–Crippen LogP) is 4.99. The zero-order valence-corrected chi connectivity index (χ0v) is 15.8. The second-order valence-electron chi connectivity index (χ2n) is 5.34. The SMILES string of the molecule is CCOc1ccc(/C=C2\SC(=O)N(c3cccc(Cl)c3)C2=O)cc1OC. The van der Waals surface area contributed by atoms with Crippen LogP contribution < -0.4 is 14.4 Å². The largest absolute Gasteiger partial charge is 0.493 e. The van der Waals surface area contributed by atoms with Crippen LogP contribution in [0, 0.1) is 0 Å². The number of methoxy groups -OCH3 is 1. The van der Waals surface area contributed by atoms with Gasteiger partial charge >= 0.3 is 0 Å². The van der Waals surface area contributed by atoms with Gasteiger partial charge in [0, 0.05) is 5.02 Å². The molecule has 0 aromatic heterocycles. The van der Waals surface area contributed by atoms with Gasteiger partial charge in [-0.15, -0.1) is 0 Å². The molecule has 0 unspecified atom stereocenters. The molecule has 2 aromatic rings. The topological polar surface area (TPSA) is 55.8 Å². The summed E-state index contributed by atoms with van der Waals surface area (Å²) in [6.07, 6.45) is 1.66. The summed E-state index contributed by atoms with van der Waals surface area (Å²) in [6.45, 7) is 2.41. The van der Waals surface area contributed by atoms with Crippen molar-refractivity contribution in [3.05, 3.63) is 58.0 Å². The summed E-state index contributed by atoms with van der Waals surface area (Å²) < 4.78 is 10.8. The molecule has 0 bridgehead atoms. The summed E-state index contributed by atoms with van der Waals surface area (Å²) in [7, 11) is 1.55. The Kier molecular flexibility index (Phi) is 5.54. The van der Waals surface area contributed by atoms with Crippen LogP contribution >= 0.6 is 23.4 Å². The molecule has 0 aliphatic carbocycles. The number of carbonyl (C=O) groups excluding carboxylic acids is 2. The minimum atomic E-state index is -0.380. The molecule has 1 saturated heterocycles. The number of ether oxygens (including phenoxy) is 2. The fraction of sp³-hybridized carbons (Fsp3) is 0.158. The molecule has 0 spiro atoms. The Morgan fingerprint density at radius 1 is 1.15 bits per heavy atom. The van der Waals surface area contributed by atoms with Crippen LogP contribution in [-0.2, 0) is 4.79 Å². The van der Waals surface area contributed by atoms with Crippen LogP contribution in [0.25, 0.3) is 6.08 Å². The van der Waals surface area contributed by atoms with Crippen molar-refractivity contribution >= 4 is 46.3 Å². The molecule has 0 atom stereocenters. The van der Waals surface area contributed by atoms with Gasteiger partial charge in [0.1, 0.15) is 0 Å². The number of amides is 2. The Morgan fingerprint density at radius 2 is 1.96 bits per heavy atom. The molecule has 26 heavy (non-hydrogen) atoms. The number of benzene rings is 2. The maximum atomic E-state index is 12.7. The molecule has 2 aromatic carbocycles. The highest BCUT2D eigenvalue weighted by Gasteiger charge is 2.36. The van der Waals surface area contributed by atoms with Crippen molar-refractivity contribution in [1.82, 2.24) is 0 Å². The molecular weight excluding hydrogens is 374 g/mol. The molecule has 1 aliphatic heterocycles. The number of nitrogens with zero attached hydrogens (tertiary/aromatic N) is 1. The quantitative estimate of drug-likeness (QED) is 0.674. The van der Waals surface area contributed by atoms with Gasteiger partial charge < -0.3 is 9.47 Å². The number of hydrogen-bond donors (Lipinski definition) is 0. The molecule has 3 rings (SSSR count). The van der Waals surface area contributed by atoms with E-state index in [1.165, 1.54) is 0 Å². The van der Waals surface area contributed by atoms with Crippen LogP contribution in [0.1, 0.15) is 12.5 Å². The average Bonchev–Trinajstić information content (AvgIpc) is 2.90. The molecule has 0 saturated carbocycles. The Hall–Kier alpha value is -2.44. The predicted molar refractivity (Wildman–Crippen MR) is 104 cm³/mol. The van der Waals surface area contributed by atoms with E-state index in [0.717, 1.165) is 22.2 Å². The van der Waals surface area contributed by atoms with Crippen molar-refractivity contribution in [3.8, 4) is 11.5 Å². The van der Waals surface area contributed by atoms with Crippen molar-refractivity contribution in [1.29, 1.82) is 0 Å². The van der Waals surface area contributed by atoms with Crippen LogP contribution in [0.4, 0.5) is 10.5 Å². The lowest BCUT2D eigenvalue weighted by atomic mass is 10.2. The molecule has 0 N–H and O–H groups in total. The Balaban J connectivity index is 1.90. The lowest BCUT2D eigenvalue weighted by Crippen LogP contribution is -2.27. The average molecular weight is 390 g/mol. The van der Waals surface area contributed by atoms with Gasteiger partial charge in [-0.05, 0) is 60.7 Å². The first-order chi connectivity index (χ1) is 12.5. The van der Waals surface area contributed by atoms with E-state index < -0.39 is 0 Å². The van der Waals surface area contributed by atoms with Crippen LogP contribution in [-0.4, -0.2) is 24.9 Å². The van der Waals surface area contributed by atoms with Gasteiger partial charge in [-0.2, -0.15) is 0 Å². The number of thioether (sulfide) groups is 1. The molecule has 2 amide bonds. The second-order valence-corrected chi connectivity index (χ2v) is 6.77. The van der Waals surface area contributed by atoms with Crippen molar-refractivity contribution in [2.24, 2.45) is 0 Å². The van der Waals surface area contributed by atoms with E-state index in [1.54, 1.807) is 55.7 Å². The Morgan fingerprint density at radius 3 is 2.65 bits per heavy atom. The van der Waals surface area contributed by atoms with E-state index in [9.17, 15) is 9.59 Å². The highest BCUT2D eigenvalue weighted by Crippen LogP contribution is 2.37. The number of rotatable bonds is 5. The smallest absolute Gasteiger partial charge is 0.298 e. The number of halogens is 1. The first kappa shape index (κ1) is 18.4. The third-order valence-electron chi connectivity index (χ3n) is 3.65. The van der Waals surface area contributed by atoms with E-state index in [-0.39, 0.29) is 11.1 Å². The summed E-state index contributed by atoms with van der Waals surface area (Å²) in [5.74, 6) is 0.809. The highest BCUT2D eigenvalue weighted by molar-refractivity contribution is 8.19. The molecule has 1 aliphatic rings. The minimum Gasteiger partial charge on any atom is -0.493 e. The van der Waals surface area contributed by atoms with E-state index >= 15 is 0 Å². The monoisotopic (exact) mass is 389 g/mol. The van der Waals surface area contributed by atoms with Crippen molar-refractivity contribution in [2.45, 2.75) is 6.92 Å². The first-order valence-electron chi connectivity index (χ1n) is 7.88. The minimum absolute atomic E-state index is 0.334. The first-order valence-corrected chi connectivity index (χ1v) is 9.07. The van der Waals surface area contributed by atoms with Gasteiger partial charge in [0.15, 0.2) is 11.5 Å². The van der Waals surface area contributed by atoms with Gasteiger partial charge in [0.05, 0.1) is 24.3 Å². The molecular formula is C19H16ClNO4S. The van der Waals surface area contributed by atoms with Crippen molar-refractivity contribution in [2.75, 3.05) is 18.6 Å². The summed E-state index contributed by atoms with van der Waals surface area (Å²) in [4.78, 5) is 26.4. The van der Waals surface area contributed by atoms with Gasteiger partial charge in [0.25, 0.3) is 11.1 Å². The van der Waals surface area contributed by atoms with Crippen LogP contribution in [0.3, 0.4) is 0 Å². The molecule has 1 fully saturated rings.